The maximum atomic E-state index is 12.3. The van der Waals surface area contributed by atoms with Crippen molar-refractivity contribution in [1.29, 1.82) is 0 Å². The average Bonchev–Trinajstić information content (AvgIpc) is 3.17. The number of carbonyl (C=O) groups is 1. The van der Waals surface area contributed by atoms with Crippen molar-refractivity contribution in [1.82, 2.24) is 14.8 Å². The Morgan fingerprint density at radius 1 is 1.45 bits per heavy atom. The lowest BCUT2D eigenvalue weighted by Crippen LogP contribution is -2.50. The van der Waals surface area contributed by atoms with Crippen LogP contribution in [0.15, 0.2) is 36.8 Å². The molecule has 0 radical (unpaired) electrons. The van der Waals surface area contributed by atoms with Gasteiger partial charge in [0.2, 0.25) is 5.91 Å². The van der Waals surface area contributed by atoms with E-state index in [-0.39, 0.29) is 11.8 Å². The Kier molecular flexibility index (Phi) is 3.02. The van der Waals surface area contributed by atoms with Gasteiger partial charge < -0.3 is 11.1 Å². The first-order chi connectivity index (χ1) is 9.59. The Bertz CT molecular complexity index is 616. The van der Waals surface area contributed by atoms with E-state index < -0.39 is 5.54 Å². The van der Waals surface area contributed by atoms with Crippen molar-refractivity contribution in [2.45, 2.75) is 25.3 Å². The molecule has 1 amide bonds. The number of rotatable bonds is 4. The molecule has 0 aliphatic heterocycles. The number of amides is 1. The Morgan fingerprint density at radius 3 is 2.90 bits per heavy atom. The molecule has 0 aromatic carbocycles. The molecule has 0 saturated heterocycles. The third kappa shape index (κ3) is 2.30. The van der Waals surface area contributed by atoms with E-state index in [0.29, 0.717) is 11.5 Å². The van der Waals surface area contributed by atoms with Crippen molar-refractivity contribution in [2.24, 2.45) is 11.7 Å². The van der Waals surface area contributed by atoms with Gasteiger partial charge in [0.05, 0.1) is 11.2 Å². The normalized spacial score (nSPS) is 17.5. The van der Waals surface area contributed by atoms with E-state index in [0.717, 1.165) is 12.8 Å². The van der Waals surface area contributed by atoms with Crippen LogP contribution in [-0.2, 0) is 4.79 Å². The Morgan fingerprint density at radius 2 is 2.25 bits per heavy atom. The highest BCUT2D eigenvalue weighted by atomic mass is 16.2. The molecule has 0 bridgehead atoms. The Hall–Kier alpha value is -2.21. The van der Waals surface area contributed by atoms with E-state index in [4.69, 9.17) is 5.73 Å². The van der Waals surface area contributed by atoms with Crippen molar-refractivity contribution in [3.05, 3.63) is 36.8 Å². The molecule has 2 heterocycles. The molecule has 2 aromatic rings. The zero-order chi connectivity index (χ0) is 14.2. The fourth-order valence-corrected chi connectivity index (χ4v) is 2.20. The highest BCUT2D eigenvalue weighted by Gasteiger charge is 2.44. The van der Waals surface area contributed by atoms with Crippen LogP contribution in [0.4, 0.5) is 5.69 Å². The average molecular weight is 271 g/mol. The molecule has 20 heavy (non-hydrogen) atoms. The van der Waals surface area contributed by atoms with Crippen LogP contribution in [0.5, 0.6) is 0 Å². The number of carbonyl (C=O) groups excluding carboxylic acids is 1. The minimum absolute atomic E-state index is 0.179. The number of hydrogen-bond donors (Lipinski definition) is 2. The predicted octanol–water partition coefficient (Wildman–Crippen LogP) is 1.33. The monoisotopic (exact) mass is 271 g/mol. The molecule has 0 spiro atoms. The van der Waals surface area contributed by atoms with E-state index in [9.17, 15) is 4.79 Å². The first-order valence-electron chi connectivity index (χ1n) is 6.64. The maximum absolute atomic E-state index is 12.3. The summed E-state index contributed by atoms with van der Waals surface area (Å²) < 4.78 is 1.61. The summed E-state index contributed by atoms with van der Waals surface area (Å²) in [7, 11) is 0. The largest absolute Gasteiger partial charge is 0.321 e. The van der Waals surface area contributed by atoms with E-state index in [1.54, 1.807) is 48.4 Å². The van der Waals surface area contributed by atoms with Crippen molar-refractivity contribution >= 4 is 11.6 Å². The van der Waals surface area contributed by atoms with Gasteiger partial charge in [-0.2, -0.15) is 5.10 Å². The second kappa shape index (κ2) is 4.72. The summed E-state index contributed by atoms with van der Waals surface area (Å²) in [4.78, 5) is 16.6. The molecule has 1 fully saturated rings. The summed E-state index contributed by atoms with van der Waals surface area (Å²) >= 11 is 0. The summed E-state index contributed by atoms with van der Waals surface area (Å²) in [6.07, 6.45) is 7.13. The fraction of sp³-hybridized carbons (Fsp3) is 0.357. The molecule has 1 unspecified atom stereocenters. The Labute approximate surface area is 117 Å². The zero-order valence-electron chi connectivity index (χ0n) is 11.3. The first-order valence-corrected chi connectivity index (χ1v) is 6.64. The van der Waals surface area contributed by atoms with Gasteiger partial charge in [-0.1, -0.05) is 0 Å². The molecule has 104 valence electrons. The van der Waals surface area contributed by atoms with Crippen LogP contribution >= 0.6 is 0 Å². The topological polar surface area (TPSA) is 85.8 Å². The summed E-state index contributed by atoms with van der Waals surface area (Å²) in [5, 5.41) is 7.01. The number of aromatic nitrogens is 3. The Balaban J connectivity index is 1.86. The van der Waals surface area contributed by atoms with Crippen molar-refractivity contribution < 1.29 is 4.79 Å². The van der Waals surface area contributed by atoms with Gasteiger partial charge in [-0.3, -0.25) is 4.79 Å². The van der Waals surface area contributed by atoms with Gasteiger partial charge in [-0.25, -0.2) is 9.67 Å². The van der Waals surface area contributed by atoms with Crippen molar-refractivity contribution in [3.8, 4) is 5.82 Å². The number of anilines is 1. The highest BCUT2D eigenvalue weighted by Crippen LogP contribution is 2.38. The van der Waals surface area contributed by atoms with E-state index in [1.807, 2.05) is 0 Å². The smallest absolute Gasteiger partial charge is 0.244 e. The number of hydrogen-bond acceptors (Lipinski definition) is 4. The van der Waals surface area contributed by atoms with Crippen LogP contribution in [-0.4, -0.2) is 26.2 Å². The molecule has 3 rings (SSSR count). The van der Waals surface area contributed by atoms with Gasteiger partial charge in [-0.15, -0.1) is 0 Å². The van der Waals surface area contributed by atoms with E-state index in [1.165, 1.54) is 0 Å². The number of nitrogens with one attached hydrogen (secondary N) is 1. The van der Waals surface area contributed by atoms with E-state index >= 15 is 0 Å². The van der Waals surface area contributed by atoms with Crippen LogP contribution < -0.4 is 11.1 Å². The third-order valence-corrected chi connectivity index (χ3v) is 3.67. The van der Waals surface area contributed by atoms with Gasteiger partial charge in [0.15, 0.2) is 5.82 Å². The quantitative estimate of drug-likeness (QED) is 0.878. The molecule has 3 N–H and O–H groups in total. The van der Waals surface area contributed by atoms with Crippen LogP contribution in [0.1, 0.15) is 19.8 Å². The lowest BCUT2D eigenvalue weighted by atomic mass is 9.96. The second-order valence-corrected chi connectivity index (χ2v) is 5.34. The molecular weight excluding hydrogens is 254 g/mol. The molecular formula is C14H17N5O. The van der Waals surface area contributed by atoms with Gasteiger partial charge in [0.25, 0.3) is 0 Å². The summed E-state index contributed by atoms with van der Waals surface area (Å²) in [5.41, 5.74) is 5.90. The minimum Gasteiger partial charge on any atom is -0.321 e. The van der Waals surface area contributed by atoms with Gasteiger partial charge in [0, 0.05) is 18.6 Å². The number of nitrogens with zero attached hydrogens (tertiary/aromatic N) is 3. The van der Waals surface area contributed by atoms with Crippen LogP contribution in [0.25, 0.3) is 5.82 Å². The molecule has 1 atom stereocenters. The molecule has 6 nitrogen and oxygen atoms in total. The molecule has 1 saturated carbocycles. The molecule has 1 aliphatic carbocycles. The van der Waals surface area contributed by atoms with Crippen LogP contribution in [0.2, 0.25) is 0 Å². The van der Waals surface area contributed by atoms with Gasteiger partial charge in [-0.05, 0) is 43.9 Å². The van der Waals surface area contributed by atoms with Crippen LogP contribution in [0.3, 0.4) is 0 Å². The van der Waals surface area contributed by atoms with Crippen LogP contribution in [0, 0.1) is 5.92 Å². The maximum Gasteiger partial charge on any atom is 0.244 e. The van der Waals surface area contributed by atoms with Gasteiger partial charge >= 0.3 is 0 Å². The van der Waals surface area contributed by atoms with Gasteiger partial charge in [0.1, 0.15) is 0 Å². The molecule has 2 aromatic heterocycles. The standard InChI is InChI=1S/C14H17N5O/c1-14(15,10-5-6-10)13(20)18-11-4-2-7-16-12(11)19-9-3-8-17-19/h2-4,7-10H,5-6,15H2,1H3,(H,18,20). The summed E-state index contributed by atoms with van der Waals surface area (Å²) in [6, 6.07) is 5.37. The minimum atomic E-state index is -0.836. The third-order valence-electron chi connectivity index (χ3n) is 3.67. The van der Waals surface area contributed by atoms with Crippen molar-refractivity contribution in [2.75, 3.05) is 5.32 Å². The highest BCUT2D eigenvalue weighted by molar-refractivity contribution is 5.99. The lowest BCUT2D eigenvalue weighted by Gasteiger charge is -2.23. The fourth-order valence-electron chi connectivity index (χ4n) is 2.20. The lowest BCUT2D eigenvalue weighted by molar-refractivity contribution is -0.121. The SMILES string of the molecule is CC(N)(C(=O)Nc1cccnc1-n1cccn1)C1CC1. The number of nitrogens with two attached hydrogens (primary N) is 1. The summed E-state index contributed by atoms with van der Waals surface area (Å²) in [6.45, 7) is 1.78. The zero-order valence-corrected chi connectivity index (χ0v) is 11.3. The van der Waals surface area contributed by atoms with Crippen molar-refractivity contribution in [3.63, 3.8) is 0 Å². The first kappa shape index (κ1) is 12.8. The molecule has 6 heteroatoms. The summed E-state index contributed by atoms with van der Waals surface area (Å²) in [5.74, 6) is 0.672. The second-order valence-electron chi connectivity index (χ2n) is 5.34. The number of pyridine rings is 1. The van der Waals surface area contributed by atoms with E-state index in [2.05, 4.69) is 15.4 Å². The molecule has 1 aliphatic rings. The predicted molar refractivity (Wildman–Crippen MR) is 75.3 cm³/mol.